The van der Waals surface area contributed by atoms with E-state index in [9.17, 15) is 9.59 Å². The number of carboxylic acids is 1. The Hall–Kier alpha value is -2.69. The van der Waals surface area contributed by atoms with Crippen LogP contribution in [0.15, 0.2) is 48.7 Å². The zero-order chi connectivity index (χ0) is 17.6. The standard InChI is InChI=1S/C20H22N2O3/c23-19(18-14-17(20(24)25)8-11-21-18)22-12-9-16(10-13-22)7-6-15-4-2-1-3-5-15/h1-5,8,11,14,16H,6-7,9-10,12-13H2,(H,24,25). The number of hydrogen-bond acceptors (Lipinski definition) is 3. The van der Waals surface area contributed by atoms with Crippen LogP contribution in [0.4, 0.5) is 0 Å². The van der Waals surface area contributed by atoms with E-state index in [-0.39, 0.29) is 17.2 Å². The summed E-state index contributed by atoms with van der Waals surface area (Å²) in [6.45, 7) is 1.41. The van der Waals surface area contributed by atoms with E-state index in [0.29, 0.717) is 19.0 Å². The van der Waals surface area contributed by atoms with Gasteiger partial charge in [-0.1, -0.05) is 30.3 Å². The Bertz CT molecular complexity index is 738. The number of amides is 1. The summed E-state index contributed by atoms with van der Waals surface area (Å²) in [5.74, 6) is -0.594. The summed E-state index contributed by atoms with van der Waals surface area (Å²) in [7, 11) is 0. The first-order valence-corrected chi connectivity index (χ1v) is 8.66. The fraction of sp³-hybridized carbons (Fsp3) is 0.350. The quantitative estimate of drug-likeness (QED) is 0.908. The molecule has 1 N–H and O–H groups in total. The van der Waals surface area contributed by atoms with Crippen LogP contribution in [-0.2, 0) is 6.42 Å². The zero-order valence-electron chi connectivity index (χ0n) is 14.1. The molecule has 0 atom stereocenters. The Morgan fingerprint density at radius 3 is 2.52 bits per heavy atom. The molecule has 0 saturated carbocycles. The number of carboxylic acid groups (broad SMARTS) is 1. The highest BCUT2D eigenvalue weighted by atomic mass is 16.4. The van der Waals surface area contributed by atoms with E-state index in [2.05, 4.69) is 29.2 Å². The van der Waals surface area contributed by atoms with Crippen molar-refractivity contribution in [2.45, 2.75) is 25.7 Å². The largest absolute Gasteiger partial charge is 0.478 e. The third-order valence-corrected chi connectivity index (χ3v) is 4.81. The highest BCUT2D eigenvalue weighted by Gasteiger charge is 2.24. The molecule has 0 radical (unpaired) electrons. The Morgan fingerprint density at radius 2 is 1.84 bits per heavy atom. The van der Waals surface area contributed by atoms with Crippen molar-refractivity contribution in [3.8, 4) is 0 Å². The summed E-state index contributed by atoms with van der Waals surface area (Å²) in [5.41, 5.74) is 1.66. The molecule has 1 aromatic carbocycles. The molecule has 0 spiro atoms. The van der Waals surface area contributed by atoms with E-state index in [4.69, 9.17) is 5.11 Å². The molecule has 0 bridgehead atoms. The van der Waals surface area contributed by atoms with Crippen LogP contribution >= 0.6 is 0 Å². The molecular formula is C20H22N2O3. The number of aromatic carboxylic acids is 1. The first-order chi connectivity index (χ1) is 12.1. The van der Waals surface area contributed by atoms with E-state index >= 15 is 0 Å². The second kappa shape index (κ2) is 7.92. The smallest absolute Gasteiger partial charge is 0.335 e. The molecule has 1 amide bonds. The summed E-state index contributed by atoms with van der Waals surface area (Å²) >= 11 is 0. The molecule has 1 aromatic heterocycles. The third kappa shape index (κ3) is 4.44. The van der Waals surface area contributed by atoms with Gasteiger partial charge in [0.1, 0.15) is 5.69 Å². The lowest BCUT2D eigenvalue weighted by Gasteiger charge is -2.32. The number of benzene rings is 1. The fourth-order valence-corrected chi connectivity index (χ4v) is 3.28. The van der Waals surface area contributed by atoms with Crippen molar-refractivity contribution >= 4 is 11.9 Å². The van der Waals surface area contributed by atoms with Gasteiger partial charge in [0.2, 0.25) is 0 Å². The summed E-state index contributed by atoms with van der Waals surface area (Å²) in [6, 6.07) is 13.2. The van der Waals surface area contributed by atoms with Gasteiger partial charge in [-0.05, 0) is 49.3 Å². The van der Waals surface area contributed by atoms with Gasteiger partial charge in [0.25, 0.3) is 5.91 Å². The number of carbonyl (C=O) groups excluding carboxylic acids is 1. The first-order valence-electron chi connectivity index (χ1n) is 8.66. The van der Waals surface area contributed by atoms with Crippen LogP contribution in [0, 0.1) is 5.92 Å². The normalized spacial score (nSPS) is 15.1. The molecule has 2 heterocycles. The zero-order valence-corrected chi connectivity index (χ0v) is 14.1. The van der Waals surface area contributed by atoms with E-state index in [1.807, 2.05) is 6.07 Å². The number of piperidine rings is 1. The van der Waals surface area contributed by atoms with Crippen LogP contribution in [0.3, 0.4) is 0 Å². The number of hydrogen-bond donors (Lipinski definition) is 1. The van der Waals surface area contributed by atoms with Gasteiger partial charge in [0.15, 0.2) is 0 Å². The number of likely N-dealkylation sites (tertiary alicyclic amines) is 1. The van der Waals surface area contributed by atoms with Gasteiger partial charge < -0.3 is 10.0 Å². The van der Waals surface area contributed by atoms with Crippen molar-refractivity contribution in [1.82, 2.24) is 9.88 Å². The number of carbonyl (C=O) groups is 2. The molecule has 1 aliphatic rings. The molecule has 25 heavy (non-hydrogen) atoms. The molecule has 5 nitrogen and oxygen atoms in total. The lowest BCUT2D eigenvalue weighted by molar-refractivity contribution is 0.0681. The molecule has 0 aliphatic carbocycles. The van der Waals surface area contributed by atoms with Crippen LogP contribution in [0.1, 0.15) is 45.7 Å². The van der Waals surface area contributed by atoms with Gasteiger partial charge in [0.05, 0.1) is 5.56 Å². The predicted molar refractivity (Wildman–Crippen MR) is 94.6 cm³/mol. The van der Waals surface area contributed by atoms with E-state index < -0.39 is 5.97 Å². The second-order valence-corrected chi connectivity index (χ2v) is 6.49. The van der Waals surface area contributed by atoms with Crippen LogP contribution in [0.25, 0.3) is 0 Å². The lowest BCUT2D eigenvalue weighted by Crippen LogP contribution is -2.39. The fourth-order valence-electron chi connectivity index (χ4n) is 3.28. The van der Waals surface area contributed by atoms with E-state index in [1.54, 1.807) is 4.90 Å². The third-order valence-electron chi connectivity index (χ3n) is 4.81. The van der Waals surface area contributed by atoms with Crippen LogP contribution < -0.4 is 0 Å². The Labute approximate surface area is 147 Å². The summed E-state index contributed by atoms with van der Waals surface area (Å²) in [5, 5.41) is 9.04. The first kappa shape index (κ1) is 17.1. The maximum Gasteiger partial charge on any atom is 0.335 e. The van der Waals surface area contributed by atoms with Gasteiger partial charge in [-0.2, -0.15) is 0 Å². The highest BCUT2D eigenvalue weighted by Crippen LogP contribution is 2.23. The minimum Gasteiger partial charge on any atom is -0.478 e. The summed E-state index contributed by atoms with van der Waals surface area (Å²) in [4.78, 5) is 29.4. The maximum absolute atomic E-state index is 12.5. The Kier molecular flexibility index (Phi) is 5.43. The number of nitrogens with zero attached hydrogens (tertiary/aromatic N) is 2. The number of aryl methyl sites for hydroxylation is 1. The summed E-state index contributed by atoms with van der Waals surface area (Å²) < 4.78 is 0. The molecule has 1 aliphatic heterocycles. The van der Waals surface area contributed by atoms with Crippen LogP contribution in [-0.4, -0.2) is 40.0 Å². The van der Waals surface area contributed by atoms with Crippen LogP contribution in [0.2, 0.25) is 0 Å². The summed E-state index contributed by atoms with van der Waals surface area (Å²) in [6.07, 6.45) is 5.55. The molecule has 3 rings (SSSR count). The molecule has 1 fully saturated rings. The lowest BCUT2D eigenvalue weighted by atomic mass is 9.90. The SMILES string of the molecule is O=C(O)c1ccnc(C(=O)N2CCC(CCc3ccccc3)CC2)c1. The van der Waals surface area contributed by atoms with Gasteiger partial charge in [-0.15, -0.1) is 0 Å². The minimum absolute atomic E-state index is 0.0936. The molecule has 1 saturated heterocycles. The second-order valence-electron chi connectivity index (χ2n) is 6.49. The number of aromatic nitrogens is 1. The van der Waals surface area contributed by atoms with Crippen molar-refractivity contribution in [3.63, 3.8) is 0 Å². The topological polar surface area (TPSA) is 70.5 Å². The number of rotatable bonds is 5. The molecular weight excluding hydrogens is 316 g/mol. The van der Waals surface area contributed by atoms with Gasteiger partial charge in [-0.25, -0.2) is 4.79 Å². The van der Waals surface area contributed by atoms with Crippen molar-refractivity contribution < 1.29 is 14.7 Å². The van der Waals surface area contributed by atoms with Gasteiger partial charge in [0, 0.05) is 19.3 Å². The van der Waals surface area contributed by atoms with Crippen molar-refractivity contribution in [3.05, 3.63) is 65.5 Å². The van der Waals surface area contributed by atoms with Gasteiger partial charge in [-0.3, -0.25) is 9.78 Å². The highest BCUT2D eigenvalue weighted by molar-refractivity contribution is 5.95. The Balaban J connectivity index is 1.52. The predicted octanol–water partition coefficient (Wildman–Crippen LogP) is 3.26. The molecule has 5 heteroatoms. The van der Waals surface area contributed by atoms with Crippen molar-refractivity contribution in [2.24, 2.45) is 5.92 Å². The monoisotopic (exact) mass is 338 g/mol. The number of pyridine rings is 1. The maximum atomic E-state index is 12.5. The average Bonchev–Trinajstić information content (AvgIpc) is 2.67. The molecule has 0 unspecified atom stereocenters. The molecule has 2 aromatic rings. The van der Waals surface area contributed by atoms with Crippen LogP contribution in [0.5, 0.6) is 0 Å². The molecule has 130 valence electrons. The van der Waals surface area contributed by atoms with E-state index in [0.717, 1.165) is 25.7 Å². The Morgan fingerprint density at radius 1 is 1.12 bits per heavy atom. The van der Waals surface area contributed by atoms with E-state index in [1.165, 1.54) is 23.9 Å². The average molecular weight is 338 g/mol. The van der Waals surface area contributed by atoms with Crippen molar-refractivity contribution in [2.75, 3.05) is 13.1 Å². The minimum atomic E-state index is -1.05. The van der Waals surface area contributed by atoms with Crippen molar-refractivity contribution in [1.29, 1.82) is 0 Å². The van der Waals surface area contributed by atoms with Gasteiger partial charge >= 0.3 is 5.97 Å².